The van der Waals surface area contributed by atoms with Gasteiger partial charge in [0.15, 0.2) is 0 Å². The van der Waals surface area contributed by atoms with Crippen LogP contribution in [0.4, 0.5) is 0 Å². The summed E-state index contributed by atoms with van der Waals surface area (Å²) in [5, 5.41) is 8.92. The van der Waals surface area contributed by atoms with Crippen LogP contribution in [-0.2, 0) is 16.1 Å². The van der Waals surface area contributed by atoms with E-state index in [1.807, 2.05) is 30.3 Å². The van der Waals surface area contributed by atoms with Crippen molar-refractivity contribution < 1.29 is 14.6 Å². The van der Waals surface area contributed by atoms with Crippen LogP contribution in [0.2, 0.25) is 0 Å². The number of ether oxygens (including phenoxy) is 2. The lowest BCUT2D eigenvalue weighted by Crippen LogP contribution is -2.13. The smallest absolute Gasteiger partial charge is 0.118 e. The van der Waals surface area contributed by atoms with E-state index < -0.39 is 0 Å². The summed E-state index contributed by atoms with van der Waals surface area (Å²) < 4.78 is 11.0. The van der Waals surface area contributed by atoms with Crippen LogP contribution in [0.15, 0.2) is 30.3 Å². The Morgan fingerprint density at radius 3 is 2.83 bits per heavy atom. The maximum absolute atomic E-state index is 8.92. The lowest BCUT2D eigenvalue weighted by atomic mass is 10.2. The number of benzene rings is 1. The van der Waals surface area contributed by atoms with Crippen molar-refractivity contribution in [2.45, 2.75) is 31.7 Å². The quantitative estimate of drug-likeness (QED) is 0.649. The number of hydrogen-bond donors (Lipinski definition) is 1. The van der Waals surface area contributed by atoms with Crippen LogP contribution in [0.25, 0.3) is 0 Å². The number of hydrogen-bond acceptors (Lipinski definition) is 3. The number of aliphatic hydroxyl groups is 1. The Bertz CT molecular complexity index is 405. The fourth-order valence-electron chi connectivity index (χ4n) is 1.90. The predicted octanol–water partition coefficient (Wildman–Crippen LogP) is 1.75. The summed E-state index contributed by atoms with van der Waals surface area (Å²) in [4.78, 5) is 0. The first-order chi connectivity index (χ1) is 8.88. The van der Waals surface area contributed by atoms with Crippen LogP contribution in [0.1, 0.15) is 18.4 Å². The molecule has 1 N–H and O–H groups in total. The molecule has 1 fully saturated rings. The van der Waals surface area contributed by atoms with E-state index in [9.17, 15) is 0 Å². The van der Waals surface area contributed by atoms with Crippen LogP contribution >= 0.6 is 0 Å². The van der Waals surface area contributed by atoms with Gasteiger partial charge in [0.1, 0.15) is 12.7 Å². The summed E-state index contributed by atoms with van der Waals surface area (Å²) in [6.45, 7) is 1.08. The minimum atomic E-state index is -0.0394. The first kappa shape index (κ1) is 13.1. The van der Waals surface area contributed by atoms with E-state index in [1.165, 1.54) is 0 Å². The molecule has 1 aliphatic rings. The van der Waals surface area contributed by atoms with Crippen molar-refractivity contribution in [2.24, 2.45) is 0 Å². The van der Waals surface area contributed by atoms with E-state index in [2.05, 4.69) is 11.8 Å². The van der Waals surface area contributed by atoms with E-state index in [4.69, 9.17) is 14.6 Å². The fraction of sp³-hybridized carbons (Fsp3) is 0.467. The topological polar surface area (TPSA) is 38.7 Å². The highest BCUT2D eigenvalue weighted by atomic mass is 16.5. The molecule has 0 bridgehead atoms. The molecular formula is C15H18O3. The minimum Gasteiger partial charge on any atom is -0.394 e. The molecule has 3 nitrogen and oxygen atoms in total. The molecule has 1 heterocycles. The molecule has 96 valence electrons. The van der Waals surface area contributed by atoms with Gasteiger partial charge in [-0.2, -0.15) is 0 Å². The SMILES string of the molecule is OC[C@@H]1CC[C@@H](C#CCOCc2ccccc2)O1. The van der Waals surface area contributed by atoms with Gasteiger partial charge in [-0.05, 0) is 18.4 Å². The molecule has 0 amide bonds. The van der Waals surface area contributed by atoms with E-state index >= 15 is 0 Å². The van der Waals surface area contributed by atoms with E-state index in [-0.39, 0.29) is 18.8 Å². The Labute approximate surface area is 108 Å². The van der Waals surface area contributed by atoms with Crippen molar-refractivity contribution in [1.82, 2.24) is 0 Å². The summed E-state index contributed by atoms with van der Waals surface area (Å²) >= 11 is 0. The third-order valence-corrected chi connectivity index (χ3v) is 2.86. The third kappa shape index (κ3) is 4.15. The highest BCUT2D eigenvalue weighted by molar-refractivity contribution is 5.13. The third-order valence-electron chi connectivity index (χ3n) is 2.86. The lowest BCUT2D eigenvalue weighted by molar-refractivity contribution is 0.0344. The van der Waals surface area contributed by atoms with Gasteiger partial charge in [-0.25, -0.2) is 0 Å². The van der Waals surface area contributed by atoms with Crippen LogP contribution in [0.3, 0.4) is 0 Å². The predicted molar refractivity (Wildman–Crippen MR) is 68.9 cm³/mol. The van der Waals surface area contributed by atoms with Gasteiger partial charge in [0, 0.05) is 0 Å². The zero-order chi connectivity index (χ0) is 12.6. The molecule has 1 aromatic rings. The average Bonchev–Trinajstić information content (AvgIpc) is 2.87. The Balaban J connectivity index is 1.64. The Kier molecular flexibility index (Phi) is 5.22. The van der Waals surface area contributed by atoms with E-state index in [1.54, 1.807) is 0 Å². The van der Waals surface area contributed by atoms with Gasteiger partial charge < -0.3 is 14.6 Å². The van der Waals surface area contributed by atoms with Crippen LogP contribution in [-0.4, -0.2) is 30.5 Å². The second kappa shape index (κ2) is 7.17. The average molecular weight is 246 g/mol. The molecule has 0 radical (unpaired) electrons. The standard InChI is InChI=1S/C15H18O3/c16-11-15-9-8-14(18-15)7-4-10-17-12-13-5-2-1-3-6-13/h1-3,5-6,14-16H,8-12H2/t14-,15+/m1/s1. The molecule has 1 saturated heterocycles. The molecule has 1 aliphatic heterocycles. The van der Waals surface area contributed by atoms with Crippen molar-refractivity contribution >= 4 is 0 Å². The number of aliphatic hydroxyl groups excluding tert-OH is 1. The summed E-state index contributed by atoms with van der Waals surface area (Å²) in [6, 6.07) is 10.0. The van der Waals surface area contributed by atoms with Gasteiger partial charge in [-0.15, -0.1) is 0 Å². The maximum Gasteiger partial charge on any atom is 0.118 e. The monoisotopic (exact) mass is 246 g/mol. The van der Waals surface area contributed by atoms with Crippen molar-refractivity contribution in [2.75, 3.05) is 13.2 Å². The molecule has 2 atom stereocenters. The van der Waals surface area contributed by atoms with E-state index in [0.717, 1.165) is 18.4 Å². The van der Waals surface area contributed by atoms with Gasteiger partial charge in [0.2, 0.25) is 0 Å². The molecule has 0 saturated carbocycles. The van der Waals surface area contributed by atoms with Gasteiger partial charge in [0.25, 0.3) is 0 Å². The van der Waals surface area contributed by atoms with E-state index in [0.29, 0.717) is 13.2 Å². The largest absolute Gasteiger partial charge is 0.394 e. The molecule has 2 rings (SSSR count). The van der Waals surface area contributed by atoms with Crippen LogP contribution < -0.4 is 0 Å². The Morgan fingerprint density at radius 1 is 1.28 bits per heavy atom. The summed E-state index contributed by atoms with van der Waals surface area (Å²) in [5.74, 6) is 5.99. The normalized spacial score (nSPS) is 22.5. The molecule has 1 aromatic carbocycles. The molecule has 0 spiro atoms. The molecule has 0 aromatic heterocycles. The molecular weight excluding hydrogens is 228 g/mol. The van der Waals surface area contributed by atoms with Gasteiger partial charge in [-0.1, -0.05) is 42.2 Å². The Morgan fingerprint density at radius 2 is 2.11 bits per heavy atom. The summed E-state index contributed by atoms with van der Waals surface area (Å²) in [5.41, 5.74) is 1.15. The van der Waals surface area contributed by atoms with Crippen molar-refractivity contribution in [3.63, 3.8) is 0 Å². The highest BCUT2D eigenvalue weighted by Gasteiger charge is 2.22. The van der Waals surface area contributed by atoms with Crippen molar-refractivity contribution in [1.29, 1.82) is 0 Å². The van der Waals surface area contributed by atoms with Crippen LogP contribution in [0, 0.1) is 11.8 Å². The maximum atomic E-state index is 8.92. The second-order valence-electron chi connectivity index (χ2n) is 4.31. The summed E-state index contributed by atoms with van der Waals surface area (Å²) in [6.07, 6.45) is 1.72. The first-order valence-electron chi connectivity index (χ1n) is 6.25. The molecule has 18 heavy (non-hydrogen) atoms. The highest BCUT2D eigenvalue weighted by Crippen LogP contribution is 2.18. The van der Waals surface area contributed by atoms with Gasteiger partial charge in [-0.3, -0.25) is 0 Å². The first-order valence-corrected chi connectivity index (χ1v) is 6.25. The van der Waals surface area contributed by atoms with Gasteiger partial charge in [0.05, 0.1) is 19.3 Å². The number of rotatable bonds is 4. The van der Waals surface area contributed by atoms with Crippen molar-refractivity contribution in [3.8, 4) is 11.8 Å². The lowest BCUT2D eigenvalue weighted by Gasteiger charge is -2.05. The zero-order valence-corrected chi connectivity index (χ0v) is 10.3. The molecule has 0 unspecified atom stereocenters. The fourth-order valence-corrected chi connectivity index (χ4v) is 1.90. The molecule has 3 heteroatoms. The summed E-state index contributed by atoms with van der Waals surface area (Å²) in [7, 11) is 0. The molecule has 0 aliphatic carbocycles. The van der Waals surface area contributed by atoms with Crippen LogP contribution in [0.5, 0.6) is 0 Å². The Hall–Kier alpha value is -1.34. The van der Waals surface area contributed by atoms with Crippen molar-refractivity contribution in [3.05, 3.63) is 35.9 Å². The van der Waals surface area contributed by atoms with Gasteiger partial charge >= 0.3 is 0 Å². The minimum absolute atomic E-state index is 0.0328. The second-order valence-corrected chi connectivity index (χ2v) is 4.31. The zero-order valence-electron chi connectivity index (χ0n) is 10.3.